The SMILES string of the molecule is COc1ccnc(N2CCCN(C(=O)c3ccn(C)n3)CC2)n1. The minimum atomic E-state index is -0.0287. The summed E-state index contributed by atoms with van der Waals surface area (Å²) in [5, 5.41) is 4.19. The Labute approximate surface area is 134 Å². The van der Waals surface area contributed by atoms with E-state index in [4.69, 9.17) is 4.74 Å². The summed E-state index contributed by atoms with van der Waals surface area (Å²) in [7, 11) is 3.39. The van der Waals surface area contributed by atoms with Crippen LogP contribution >= 0.6 is 0 Å². The molecule has 0 spiro atoms. The topological polar surface area (TPSA) is 76.4 Å². The third-order valence-electron chi connectivity index (χ3n) is 3.83. The van der Waals surface area contributed by atoms with Crippen LogP contribution in [0, 0.1) is 0 Å². The number of hydrogen-bond donors (Lipinski definition) is 0. The molecule has 0 atom stereocenters. The summed E-state index contributed by atoms with van der Waals surface area (Å²) in [6.45, 7) is 2.82. The van der Waals surface area contributed by atoms with Crippen molar-refractivity contribution in [3.8, 4) is 5.88 Å². The average Bonchev–Trinajstić information content (AvgIpc) is 2.86. The van der Waals surface area contributed by atoms with Crippen LogP contribution in [0.1, 0.15) is 16.9 Å². The molecule has 0 aliphatic carbocycles. The third kappa shape index (κ3) is 3.41. The van der Waals surface area contributed by atoms with Crippen molar-refractivity contribution in [3.05, 3.63) is 30.2 Å². The standard InChI is InChI=1S/C15H20N6O2/c1-19-9-5-12(18-19)14(22)20-7-3-8-21(11-10-20)15-16-6-4-13(17-15)23-2/h4-6,9H,3,7-8,10-11H2,1-2H3. The molecule has 1 aliphatic heterocycles. The molecule has 8 heteroatoms. The highest BCUT2D eigenvalue weighted by Gasteiger charge is 2.23. The quantitative estimate of drug-likeness (QED) is 0.824. The molecular formula is C15H20N6O2. The highest BCUT2D eigenvalue weighted by molar-refractivity contribution is 5.92. The van der Waals surface area contributed by atoms with Gasteiger partial charge in [0.05, 0.1) is 7.11 Å². The van der Waals surface area contributed by atoms with Crippen molar-refractivity contribution in [1.82, 2.24) is 24.6 Å². The summed E-state index contributed by atoms with van der Waals surface area (Å²) in [4.78, 5) is 25.1. The van der Waals surface area contributed by atoms with Gasteiger partial charge in [-0.15, -0.1) is 0 Å². The maximum absolute atomic E-state index is 12.5. The average molecular weight is 316 g/mol. The van der Waals surface area contributed by atoms with Gasteiger partial charge < -0.3 is 14.5 Å². The number of hydrogen-bond acceptors (Lipinski definition) is 6. The second-order valence-corrected chi connectivity index (χ2v) is 5.41. The van der Waals surface area contributed by atoms with E-state index in [1.807, 2.05) is 4.90 Å². The lowest BCUT2D eigenvalue weighted by Crippen LogP contribution is -2.35. The number of anilines is 1. The summed E-state index contributed by atoms with van der Waals surface area (Å²) in [6.07, 6.45) is 4.32. The minimum Gasteiger partial charge on any atom is -0.481 e. The molecule has 0 saturated carbocycles. The molecule has 3 heterocycles. The minimum absolute atomic E-state index is 0.0287. The normalized spacial score (nSPS) is 15.4. The lowest BCUT2D eigenvalue weighted by atomic mass is 10.3. The molecule has 0 radical (unpaired) electrons. The Morgan fingerprint density at radius 2 is 2.09 bits per heavy atom. The summed E-state index contributed by atoms with van der Waals surface area (Å²) >= 11 is 0. The van der Waals surface area contributed by atoms with Gasteiger partial charge in [0.25, 0.3) is 5.91 Å². The van der Waals surface area contributed by atoms with Crippen molar-refractivity contribution in [3.63, 3.8) is 0 Å². The van der Waals surface area contributed by atoms with Gasteiger partial charge in [0.1, 0.15) is 5.69 Å². The predicted molar refractivity (Wildman–Crippen MR) is 84.5 cm³/mol. The molecule has 8 nitrogen and oxygen atoms in total. The molecule has 0 N–H and O–H groups in total. The van der Waals surface area contributed by atoms with Crippen LogP contribution in [-0.2, 0) is 7.05 Å². The van der Waals surface area contributed by atoms with Gasteiger partial charge in [0, 0.05) is 51.7 Å². The molecule has 1 fully saturated rings. The summed E-state index contributed by atoms with van der Waals surface area (Å²) in [6, 6.07) is 3.47. The maximum Gasteiger partial charge on any atom is 0.274 e. The first-order valence-electron chi connectivity index (χ1n) is 7.58. The largest absolute Gasteiger partial charge is 0.481 e. The van der Waals surface area contributed by atoms with Crippen LogP contribution < -0.4 is 9.64 Å². The van der Waals surface area contributed by atoms with Crippen molar-refractivity contribution in [2.45, 2.75) is 6.42 Å². The summed E-state index contributed by atoms with van der Waals surface area (Å²) < 4.78 is 6.78. The molecule has 1 aliphatic rings. The van der Waals surface area contributed by atoms with E-state index < -0.39 is 0 Å². The first-order valence-corrected chi connectivity index (χ1v) is 7.58. The van der Waals surface area contributed by atoms with E-state index >= 15 is 0 Å². The number of aromatic nitrogens is 4. The number of aryl methyl sites for hydroxylation is 1. The number of amides is 1. The van der Waals surface area contributed by atoms with Crippen molar-refractivity contribution in [2.75, 3.05) is 38.2 Å². The van der Waals surface area contributed by atoms with E-state index in [-0.39, 0.29) is 5.91 Å². The number of rotatable bonds is 3. The lowest BCUT2D eigenvalue weighted by Gasteiger charge is -2.21. The van der Waals surface area contributed by atoms with E-state index in [2.05, 4.69) is 20.0 Å². The van der Waals surface area contributed by atoms with E-state index in [0.717, 1.165) is 13.0 Å². The number of carbonyl (C=O) groups is 1. The Kier molecular flexibility index (Phi) is 4.40. The molecule has 0 unspecified atom stereocenters. The molecule has 1 amide bonds. The lowest BCUT2D eigenvalue weighted by molar-refractivity contribution is 0.0760. The molecule has 0 aromatic carbocycles. The van der Waals surface area contributed by atoms with E-state index in [0.29, 0.717) is 37.2 Å². The number of carbonyl (C=O) groups excluding carboxylic acids is 1. The van der Waals surface area contributed by atoms with E-state index in [9.17, 15) is 4.79 Å². The monoisotopic (exact) mass is 316 g/mol. The fourth-order valence-electron chi connectivity index (χ4n) is 2.61. The van der Waals surface area contributed by atoms with E-state index in [1.54, 1.807) is 43.4 Å². The molecule has 23 heavy (non-hydrogen) atoms. The zero-order valence-corrected chi connectivity index (χ0v) is 13.3. The van der Waals surface area contributed by atoms with Gasteiger partial charge in [-0.25, -0.2) is 4.98 Å². The molecular weight excluding hydrogens is 296 g/mol. The second-order valence-electron chi connectivity index (χ2n) is 5.41. The Morgan fingerprint density at radius 3 is 2.83 bits per heavy atom. The molecule has 1 saturated heterocycles. The van der Waals surface area contributed by atoms with Gasteiger partial charge >= 0.3 is 0 Å². The van der Waals surface area contributed by atoms with Crippen molar-refractivity contribution >= 4 is 11.9 Å². The van der Waals surface area contributed by atoms with Gasteiger partial charge in [-0.05, 0) is 12.5 Å². The Hall–Kier alpha value is -2.64. The van der Waals surface area contributed by atoms with Gasteiger partial charge in [0.15, 0.2) is 0 Å². The first-order chi connectivity index (χ1) is 11.2. The van der Waals surface area contributed by atoms with Crippen LogP contribution in [0.2, 0.25) is 0 Å². The Morgan fingerprint density at radius 1 is 1.22 bits per heavy atom. The number of ether oxygens (including phenoxy) is 1. The Bertz CT molecular complexity index is 686. The smallest absolute Gasteiger partial charge is 0.274 e. The fraction of sp³-hybridized carbons (Fsp3) is 0.467. The number of nitrogens with zero attached hydrogens (tertiary/aromatic N) is 6. The van der Waals surface area contributed by atoms with Crippen molar-refractivity contribution < 1.29 is 9.53 Å². The van der Waals surface area contributed by atoms with Gasteiger partial charge in [-0.2, -0.15) is 10.1 Å². The zero-order valence-electron chi connectivity index (χ0n) is 13.3. The van der Waals surface area contributed by atoms with Crippen LogP contribution in [0.15, 0.2) is 24.5 Å². The maximum atomic E-state index is 12.5. The zero-order chi connectivity index (χ0) is 16.2. The van der Waals surface area contributed by atoms with Gasteiger partial charge in [-0.1, -0.05) is 0 Å². The van der Waals surface area contributed by atoms with Gasteiger partial charge in [-0.3, -0.25) is 9.48 Å². The molecule has 0 bridgehead atoms. The Balaban J connectivity index is 1.68. The van der Waals surface area contributed by atoms with Crippen LogP contribution in [0.5, 0.6) is 5.88 Å². The first kappa shape index (κ1) is 15.3. The molecule has 3 rings (SSSR count). The van der Waals surface area contributed by atoms with Crippen LogP contribution in [0.3, 0.4) is 0 Å². The second kappa shape index (κ2) is 6.64. The van der Waals surface area contributed by atoms with Crippen molar-refractivity contribution in [1.29, 1.82) is 0 Å². The molecule has 122 valence electrons. The third-order valence-corrected chi connectivity index (χ3v) is 3.83. The highest BCUT2D eigenvalue weighted by Crippen LogP contribution is 2.15. The molecule has 2 aromatic rings. The van der Waals surface area contributed by atoms with Crippen LogP contribution in [-0.4, -0.2) is 63.8 Å². The fourth-order valence-corrected chi connectivity index (χ4v) is 2.61. The molecule has 2 aromatic heterocycles. The summed E-state index contributed by atoms with van der Waals surface area (Å²) in [5.74, 6) is 1.15. The highest BCUT2D eigenvalue weighted by atomic mass is 16.5. The summed E-state index contributed by atoms with van der Waals surface area (Å²) in [5.41, 5.74) is 0.485. The van der Waals surface area contributed by atoms with Crippen LogP contribution in [0.25, 0.3) is 0 Å². The predicted octanol–water partition coefficient (Wildman–Crippen LogP) is 0.571. The van der Waals surface area contributed by atoms with Crippen molar-refractivity contribution in [2.24, 2.45) is 7.05 Å². The van der Waals surface area contributed by atoms with E-state index in [1.165, 1.54) is 0 Å². The van der Waals surface area contributed by atoms with Gasteiger partial charge in [0.2, 0.25) is 11.8 Å². The number of methoxy groups -OCH3 is 1. The van der Waals surface area contributed by atoms with Crippen LogP contribution in [0.4, 0.5) is 5.95 Å².